The van der Waals surface area contributed by atoms with E-state index in [1.165, 1.54) is 6.33 Å². The van der Waals surface area contributed by atoms with Crippen molar-refractivity contribution in [3.8, 4) is 17.2 Å². The van der Waals surface area contributed by atoms with E-state index in [1.807, 2.05) is 79.7 Å². The third kappa shape index (κ3) is 4.92. The molecule has 0 unspecified atom stereocenters. The van der Waals surface area contributed by atoms with Gasteiger partial charge in [0.05, 0.1) is 12.2 Å². The fraction of sp³-hybridized carbons (Fsp3) is 0.125. The quantitative estimate of drug-likeness (QED) is 0.379. The highest BCUT2D eigenvalue weighted by Gasteiger charge is 2.17. The maximum atomic E-state index is 12.6. The highest BCUT2D eigenvalue weighted by Crippen LogP contribution is 2.29. The molecule has 0 aliphatic rings. The molecule has 1 amide bonds. The van der Waals surface area contributed by atoms with Crippen LogP contribution in [0.3, 0.4) is 0 Å². The number of para-hydroxylation sites is 1. The van der Waals surface area contributed by atoms with Gasteiger partial charge in [0.15, 0.2) is 0 Å². The minimum Gasteiger partial charge on any atom is -0.457 e. The summed E-state index contributed by atoms with van der Waals surface area (Å²) in [6.45, 7) is 2.36. The first-order valence-corrected chi connectivity index (χ1v) is 10.3. The van der Waals surface area contributed by atoms with Gasteiger partial charge in [0.2, 0.25) is 5.91 Å². The fourth-order valence-corrected chi connectivity index (χ4v) is 3.35. The number of aryl methyl sites for hydroxylation is 1. The van der Waals surface area contributed by atoms with Gasteiger partial charge in [0.25, 0.3) is 0 Å². The summed E-state index contributed by atoms with van der Waals surface area (Å²) in [5, 5.41) is 4.13. The Morgan fingerprint density at radius 3 is 2.48 bits per heavy atom. The number of alkyl halides is 1. The SMILES string of the molecule is Cc1cc(N(Cc2ccc(-n3cncn3)cc2)C(=O)CCl)ccc1Oc1ccccc1. The van der Waals surface area contributed by atoms with Crippen LogP contribution in [0.15, 0.2) is 85.5 Å². The van der Waals surface area contributed by atoms with Crippen LogP contribution >= 0.6 is 11.6 Å². The predicted octanol–water partition coefficient (Wildman–Crippen LogP) is 5.14. The number of anilines is 1. The minimum atomic E-state index is -0.168. The largest absolute Gasteiger partial charge is 0.457 e. The molecule has 4 aromatic rings. The normalized spacial score (nSPS) is 10.6. The van der Waals surface area contributed by atoms with Crippen molar-refractivity contribution in [3.63, 3.8) is 0 Å². The van der Waals surface area contributed by atoms with Crippen LogP contribution in [0.2, 0.25) is 0 Å². The Labute approximate surface area is 185 Å². The molecule has 0 saturated heterocycles. The maximum absolute atomic E-state index is 12.6. The van der Waals surface area contributed by atoms with Crippen molar-refractivity contribution in [1.82, 2.24) is 14.8 Å². The lowest BCUT2D eigenvalue weighted by atomic mass is 10.1. The Kier molecular flexibility index (Phi) is 6.29. The van der Waals surface area contributed by atoms with Crippen LogP contribution in [0.4, 0.5) is 5.69 Å². The van der Waals surface area contributed by atoms with Gasteiger partial charge in [0, 0.05) is 5.69 Å². The van der Waals surface area contributed by atoms with E-state index in [4.69, 9.17) is 16.3 Å². The van der Waals surface area contributed by atoms with E-state index in [1.54, 1.807) is 15.9 Å². The van der Waals surface area contributed by atoms with E-state index in [0.717, 1.165) is 34.0 Å². The smallest absolute Gasteiger partial charge is 0.242 e. The molecule has 31 heavy (non-hydrogen) atoms. The molecule has 0 saturated carbocycles. The zero-order valence-corrected chi connectivity index (χ0v) is 17.7. The summed E-state index contributed by atoms with van der Waals surface area (Å²) in [5.74, 6) is 1.24. The third-order valence-corrected chi connectivity index (χ3v) is 5.05. The first kappa shape index (κ1) is 20.6. The van der Waals surface area contributed by atoms with E-state index in [2.05, 4.69) is 10.1 Å². The highest BCUT2D eigenvalue weighted by molar-refractivity contribution is 6.29. The van der Waals surface area contributed by atoms with Crippen molar-refractivity contribution in [1.29, 1.82) is 0 Å². The summed E-state index contributed by atoms with van der Waals surface area (Å²) >= 11 is 5.90. The van der Waals surface area contributed by atoms with Gasteiger partial charge in [-0.05, 0) is 60.5 Å². The van der Waals surface area contributed by atoms with E-state index >= 15 is 0 Å². The summed E-state index contributed by atoms with van der Waals surface area (Å²) in [4.78, 5) is 18.2. The van der Waals surface area contributed by atoms with Crippen molar-refractivity contribution < 1.29 is 9.53 Å². The molecular weight excluding hydrogens is 412 g/mol. The van der Waals surface area contributed by atoms with Gasteiger partial charge in [0.1, 0.15) is 30.0 Å². The second-order valence-corrected chi connectivity index (χ2v) is 7.25. The maximum Gasteiger partial charge on any atom is 0.242 e. The molecule has 7 heteroatoms. The molecule has 3 aromatic carbocycles. The number of amides is 1. The average Bonchev–Trinajstić information content (AvgIpc) is 3.34. The van der Waals surface area contributed by atoms with Crippen molar-refractivity contribution in [2.45, 2.75) is 13.5 Å². The number of aromatic nitrogens is 3. The highest BCUT2D eigenvalue weighted by atomic mass is 35.5. The molecule has 1 heterocycles. The molecule has 0 bridgehead atoms. The molecular formula is C24H21ClN4O2. The van der Waals surface area contributed by atoms with Gasteiger partial charge in [-0.2, -0.15) is 5.10 Å². The molecule has 0 atom stereocenters. The van der Waals surface area contributed by atoms with E-state index < -0.39 is 0 Å². The molecule has 0 aliphatic carbocycles. The number of benzene rings is 3. The van der Waals surface area contributed by atoms with Crippen LogP contribution in [-0.2, 0) is 11.3 Å². The number of rotatable bonds is 7. The monoisotopic (exact) mass is 432 g/mol. The molecule has 0 fully saturated rings. The van der Waals surface area contributed by atoms with Crippen molar-refractivity contribution >= 4 is 23.2 Å². The molecule has 156 valence electrons. The number of ether oxygens (including phenoxy) is 1. The lowest BCUT2D eigenvalue weighted by molar-refractivity contribution is -0.116. The Morgan fingerprint density at radius 2 is 1.84 bits per heavy atom. The number of nitrogens with zero attached hydrogens (tertiary/aromatic N) is 4. The number of carbonyl (C=O) groups is 1. The summed E-state index contributed by atoms with van der Waals surface area (Å²) in [7, 11) is 0. The first-order valence-electron chi connectivity index (χ1n) is 9.78. The van der Waals surface area contributed by atoms with Crippen LogP contribution in [-0.4, -0.2) is 26.6 Å². The predicted molar refractivity (Wildman–Crippen MR) is 121 cm³/mol. The van der Waals surface area contributed by atoms with Gasteiger partial charge >= 0.3 is 0 Å². The van der Waals surface area contributed by atoms with Crippen molar-refractivity contribution in [2.75, 3.05) is 10.8 Å². The van der Waals surface area contributed by atoms with Gasteiger partial charge < -0.3 is 9.64 Å². The van der Waals surface area contributed by atoms with Gasteiger partial charge in [-0.3, -0.25) is 4.79 Å². The lowest BCUT2D eigenvalue weighted by Crippen LogP contribution is -2.31. The molecule has 4 rings (SSSR count). The topological polar surface area (TPSA) is 60.2 Å². The Bertz CT molecular complexity index is 1150. The van der Waals surface area contributed by atoms with Crippen LogP contribution in [0, 0.1) is 6.92 Å². The Hall–Kier alpha value is -3.64. The fourth-order valence-electron chi connectivity index (χ4n) is 3.21. The van der Waals surface area contributed by atoms with Crippen LogP contribution in [0.1, 0.15) is 11.1 Å². The molecule has 0 spiro atoms. The Balaban J connectivity index is 1.55. The summed E-state index contributed by atoms with van der Waals surface area (Å²) in [5.41, 5.74) is 3.57. The lowest BCUT2D eigenvalue weighted by Gasteiger charge is -2.23. The standard InChI is InChI=1S/C24H21ClN4O2/c1-18-13-21(11-12-23(18)31-22-5-3-2-4-6-22)28(24(30)14-25)15-19-7-9-20(10-8-19)29-17-26-16-27-29/h2-13,16-17H,14-15H2,1H3. The Morgan fingerprint density at radius 1 is 1.06 bits per heavy atom. The van der Waals surface area contributed by atoms with Crippen molar-refractivity contribution in [3.05, 3.63) is 96.6 Å². The van der Waals surface area contributed by atoms with Crippen LogP contribution in [0.25, 0.3) is 5.69 Å². The average molecular weight is 433 g/mol. The van der Waals surface area contributed by atoms with Gasteiger partial charge in [-0.1, -0.05) is 30.3 Å². The summed E-state index contributed by atoms with van der Waals surface area (Å²) < 4.78 is 7.64. The van der Waals surface area contributed by atoms with Crippen LogP contribution < -0.4 is 9.64 Å². The van der Waals surface area contributed by atoms with E-state index in [-0.39, 0.29) is 11.8 Å². The number of halogens is 1. The number of carbonyl (C=O) groups excluding carboxylic acids is 1. The summed E-state index contributed by atoms with van der Waals surface area (Å²) in [6, 6.07) is 23.1. The van der Waals surface area contributed by atoms with Gasteiger partial charge in [-0.15, -0.1) is 11.6 Å². The molecule has 6 nitrogen and oxygen atoms in total. The zero-order valence-electron chi connectivity index (χ0n) is 17.0. The van der Waals surface area contributed by atoms with Crippen LogP contribution in [0.5, 0.6) is 11.5 Å². The molecule has 0 N–H and O–H groups in total. The van der Waals surface area contributed by atoms with E-state index in [9.17, 15) is 4.79 Å². The number of hydrogen-bond donors (Lipinski definition) is 0. The minimum absolute atomic E-state index is 0.0989. The van der Waals surface area contributed by atoms with Crippen molar-refractivity contribution in [2.24, 2.45) is 0 Å². The molecule has 1 aromatic heterocycles. The molecule has 0 aliphatic heterocycles. The zero-order chi connectivity index (χ0) is 21.6. The third-order valence-electron chi connectivity index (χ3n) is 4.82. The number of hydrogen-bond acceptors (Lipinski definition) is 4. The second kappa shape index (κ2) is 9.45. The summed E-state index contributed by atoms with van der Waals surface area (Å²) in [6.07, 6.45) is 3.13. The second-order valence-electron chi connectivity index (χ2n) is 6.98. The van der Waals surface area contributed by atoms with Gasteiger partial charge in [-0.25, -0.2) is 9.67 Å². The van der Waals surface area contributed by atoms with E-state index in [0.29, 0.717) is 6.54 Å². The first-order chi connectivity index (χ1) is 15.1. The molecule has 0 radical (unpaired) electrons.